The van der Waals surface area contributed by atoms with E-state index in [1.165, 1.54) is 5.56 Å². The van der Waals surface area contributed by atoms with Crippen LogP contribution >= 0.6 is 0 Å². The predicted octanol–water partition coefficient (Wildman–Crippen LogP) is 2.16. The summed E-state index contributed by atoms with van der Waals surface area (Å²) < 4.78 is 5.45. The first kappa shape index (κ1) is 13.0. The fourth-order valence-electron chi connectivity index (χ4n) is 1.54. The van der Waals surface area contributed by atoms with Gasteiger partial charge in [-0.1, -0.05) is 12.1 Å². The number of hydrogen-bond donors (Lipinski definition) is 2. The topological polar surface area (TPSA) is 47.3 Å². The van der Waals surface area contributed by atoms with Gasteiger partial charge in [0, 0.05) is 18.8 Å². The van der Waals surface area contributed by atoms with Gasteiger partial charge in [-0.3, -0.25) is 0 Å². The summed E-state index contributed by atoms with van der Waals surface area (Å²) >= 11 is 0. The van der Waals surface area contributed by atoms with Gasteiger partial charge in [-0.25, -0.2) is 0 Å². The van der Waals surface area contributed by atoms with Crippen molar-refractivity contribution in [3.63, 3.8) is 0 Å². The zero-order valence-corrected chi connectivity index (χ0v) is 10.4. The van der Waals surface area contributed by atoms with Crippen LogP contribution in [0.15, 0.2) is 24.3 Å². The number of rotatable bonds is 6. The quantitative estimate of drug-likeness (QED) is 0.775. The molecule has 0 bridgehead atoms. The van der Waals surface area contributed by atoms with E-state index < -0.39 is 0 Å². The molecule has 90 valence electrons. The molecule has 0 aliphatic rings. The molecule has 0 aliphatic carbocycles. The summed E-state index contributed by atoms with van der Waals surface area (Å²) in [6.07, 6.45) is 0. The number of ether oxygens (including phenoxy) is 1. The van der Waals surface area contributed by atoms with Gasteiger partial charge in [0.2, 0.25) is 0 Å². The fraction of sp³-hybridized carbons (Fsp3) is 0.538. The van der Waals surface area contributed by atoms with E-state index in [4.69, 9.17) is 10.5 Å². The van der Waals surface area contributed by atoms with Crippen molar-refractivity contribution in [1.29, 1.82) is 0 Å². The average Bonchev–Trinajstić information content (AvgIpc) is 2.26. The van der Waals surface area contributed by atoms with Crippen molar-refractivity contribution in [1.82, 2.24) is 0 Å². The second kappa shape index (κ2) is 5.87. The minimum atomic E-state index is -0.205. The van der Waals surface area contributed by atoms with Gasteiger partial charge < -0.3 is 15.8 Å². The average molecular weight is 222 g/mol. The van der Waals surface area contributed by atoms with Crippen LogP contribution in [0.5, 0.6) is 0 Å². The minimum Gasteiger partial charge on any atom is -0.379 e. The Morgan fingerprint density at radius 2 is 2.19 bits per heavy atom. The van der Waals surface area contributed by atoms with Crippen molar-refractivity contribution in [3.05, 3.63) is 29.8 Å². The molecule has 0 fully saturated rings. The molecular weight excluding hydrogens is 200 g/mol. The lowest BCUT2D eigenvalue weighted by Gasteiger charge is -2.30. The standard InChI is InChI=1S/C13H22N2O/c1-4-16-10-13(3,9-14)15-12-7-5-6-11(2)8-12/h5-8,15H,4,9-10,14H2,1-3H3. The minimum absolute atomic E-state index is 0.205. The highest BCUT2D eigenvalue weighted by Gasteiger charge is 2.22. The van der Waals surface area contributed by atoms with Gasteiger partial charge in [0.15, 0.2) is 0 Å². The van der Waals surface area contributed by atoms with Gasteiger partial charge in [-0.2, -0.15) is 0 Å². The molecule has 0 heterocycles. The maximum absolute atomic E-state index is 5.79. The lowest BCUT2D eigenvalue weighted by atomic mass is 10.0. The molecule has 16 heavy (non-hydrogen) atoms. The van der Waals surface area contributed by atoms with Gasteiger partial charge in [0.1, 0.15) is 0 Å². The lowest BCUT2D eigenvalue weighted by molar-refractivity contribution is 0.112. The molecule has 3 nitrogen and oxygen atoms in total. The van der Waals surface area contributed by atoms with Gasteiger partial charge in [0.25, 0.3) is 0 Å². The van der Waals surface area contributed by atoms with Crippen molar-refractivity contribution in [3.8, 4) is 0 Å². The molecule has 1 atom stereocenters. The van der Waals surface area contributed by atoms with E-state index >= 15 is 0 Å². The Morgan fingerprint density at radius 1 is 1.44 bits per heavy atom. The summed E-state index contributed by atoms with van der Waals surface area (Å²) in [6, 6.07) is 8.27. The molecule has 3 heteroatoms. The number of nitrogens with one attached hydrogen (secondary N) is 1. The van der Waals surface area contributed by atoms with E-state index in [-0.39, 0.29) is 5.54 Å². The number of hydrogen-bond acceptors (Lipinski definition) is 3. The van der Waals surface area contributed by atoms with Crippen molar-refractivity contribution in [2.45, 2.75) is 26.3 Å². The van der Waals surface area contributed by atoms with Crippen molar-refractivity contribution < 1.29 is 4.74 Å². The van der Waals surface area contributed by atoms with E-state index in [9.17, 15) is 0 Å². The van der Waals surface area contributed by atoms with Crippen molar-refractivity contribution in [2.75, 3.05) is 25.1 Å². The highest BCUT2D eigenvalue weighted by atomic mass is 16.5. The molecule has 0 saturated carbocycles. The molecule has 0 spiro atoms. The predicted molar refractivity (Wildman–Crippen MR) is 68.8 cm³/mol. The Balaban J connectivity index is 2.68. The Morgan fingerprint density at radius 3 is 2.75 bits per heavy atom. The molecule has 0 radical (unpaired) electrons. The molecule has 3 N–H and O–H groups in total. The monoisotopic (exact) mass is 222 g/mol. The van der Waals surface area contributed by atoms with Crippen LogP contribution in [-0.4, -0.2) is 25.3 Å². The molecule has 1 unspecified atom stereocenters. The Kier molecular flexibility index (Phi) is 4.77. The van der Waals surface area contributed by atoms with Gasteiger partial charge >= 0.3 is 0 Å². The number of nitrogens with two attached hydrogens (primary N) is 1. The lowest BCUT2D eigenvalue weighted by Crippen LogP contribution is -2.46. The van der Waals surface area contributed by atoms with E-state index in [1.54, 1.807) is 0 Å². The van der Waals surface area contributed by atoms with Crippen molar-refractivity contribution >= 4 is 5.69 Å². The zero-order chi connectivity index (χ0) is 12.0. The van der Waals surface area contributed by atoms with E-state index in [0.29, 0.717) is 19.8 Å². The Bertz CT molecular complexity index is 327. The summed E-state index contributed by atoms with van der Waals surface area (Å²) in [7, 11) is 0. The number of benzene rings is 1. The summed E-state index contributed by atoms with van der Waals surface area (Å²) in [6.45, 7) is 8.02. The third kappa shape index (κ3) is 3.83. The number of aryl methyl sites for hydroxylation is 1. The van der Waals surface area contributed by atoms with Crippen LogP contribution in [0.2, 0.25) is 0 Å². The SMILES string of the molecule is CCOCC(C)(CN)Nc1cccc(C)c1. The van der Waals surface area contributed by atoms with Crippen molar-refractivity contribution in [2.24, 2.45) is 5.73 Å². The van der Waals surface area contributed by atoms with Crippen LogP contribution in [0.1, 0.15) is 19.4 Å². The maximum Gasteiger partial charge on any atom is 0.0706 e. The molecule has 0 aromatic heterocycles. The van der Waals surface area contributed by atoms with Crippen LogP contribution in [0.3, 0.4) is 0 Å². The van der Waals surface area contributed by atoms with E-state index in [2.05, 4.69) is 31.3 Å². The molecule has 1 rings (SSSR count). The number of anilines is 1. The van der Waals surface area contributed by atoms with Crippen LogP contribution in [0.4, 0.5) is 5.69 Å². The molecule has 0 amide bonds. The van der Waals surface area contributed by atoms with E-state index in [0.717, 1.165) is 5.69 Å². The Hall–Kier alpha value is -1.06. The molecular formula is C13H22N2O. The Labute approximate surface area is 98.0 Å². The normalized spacial score (nSPS) is 14.5. The first-order valence-electron chi connectivity index (χ1n) is 5.72. The molecule has 0 saturated heterocycles. The zero-order valence-electron chi connectivity index (χ0n) is 10.4. The van der Waals surface area contributed by atoms with Crippen LogP contribution < -0.4 is 11.1 Å². The first-order chi connectivity index (χ1) is 7.59. The largest absolute Gasteiger partial charge is 0.379 e. The molecule has 1 aromatic carbocycles. The maximum atomic E-state index is 5.79. The van der Waals surface area contributed by atoms with Crippen LogP contribution in [0, 0.1) is 6.92 Å². The summed E-state index contributed by atoms with van der Waals surface area (Å²) in [5.74, 6) is 0. The first-order valence-corrected chi connectivity index (χ1v) is 5.72. The van der Waals surface area contributed by atoms with Gasteiger partial charge in [0.05, 0.1) is 12.1 Å². The highest BCUT2D eigenvalue weighted by Crippen LogP contribution is 2.16. The summed E-state index contributed by atoms with van der Waals surface area (Å²) in [4.78, 5) is 0. The third-order valence-corrected chi connectivity index (χ3v) is 2.54. The highest BCUT2D eigenvalue weighted by molar-refractivity contribution is 5.47. The fourth-order valence-corrected chi connectivity index (χ4v) is 1.54. The van der Waals surface area contributed by atoms with Crippen LogP contribution in [-0.2, 0) is 4.74 Å². The summed E-state index contributed by atoms with van der Waals surface area (Å²) in [5.41, 5.74) is 7.91. The summed E-state index contributed by atoms with van der Waals surface area (Å²) in [5, 5.41) is 3.43. The van der Waals surface area contributed by atoms with E-state index in [1.807, 2.05) is 19.1 Å². The van der Waals surface area contributed by atoms with Gasteiger partial charge in [-0.15, -0.1) is 0 Å². The smallest absolute Gasteiger partial charge is 0.0706 e. The second-order valence-electron chi connectivity index (χ2n) is 4.40. The third-order valence-electron chi connectivity index (χ3n) is 2.54. The molecule has 0 aliphatic heterocycles. The second-order valence-corrected chi connectivity index (χ2v) is 4.40. The van der Waals surface area contributed by atoms with Gasteiger partial charge in [-0.05, 0) is 38.5 Å². The molecule has 1 aromatic rings. The van der Waals surface area contributed by atoms with Crippen LogP contribution in [0.25, 0.3) is 0 Å².